The summed E-state index contributed by atoms with van der Waals surface area (Å²) < 4.78 is 15.2. The molecule has 4 atom stereocenters. The number of imide groups is 3. The van der Waals surface area contributed by atoms with Gasteiger partial charge < -0.3 is 28.7 Å². The predicted octanol–water partition coefficient (Wildman–Crippen LogP) is 7.47. The smallest absolute Gasteiger partial charge is 0.383 e. The summed E-state index contributed by atoms with van der Waals surface area (Å²) in [6, 6.07) is 30.2. The molecule has 1 saturated heterocycles. The number of nitrogens with zero attached hydrogens (tertiary/aromatic N) is 3. The number of amides is 6. The third-order valence-corrected chi connectivity index (χ3v) is 11.4. The van der Waals surface area contributed by atoms with Crippen molar-refractivity contribution in [3.63, 3.8) is 0 Å². The number of benzene rings is 5. The number of hydrogen-bond donors (Lipinski definition) is 0. The van der Waals surface area contributed by atoms with Crippen LogP contribution in [0.3, 0.4) is 0 Å². The van der Waals surface area contributed by atoms with Crippen LogP contribution in [-0.2, 0) is 33.6 Å². The average Bonchev–Trinajstić information content (AvgIpc) is 4.04. The average molecular weight is 918 g/mol. The van der Waals surface area contributed by atoms with Gasteiger partial charge in [0.25, 0.3) is 35.4 Å². The molecule has 324 valence electrons. The highest BCUT2D eigenvalue weighted by molar-refractivity contribution is 7.80. The first-order chi connectivity index (χ1) is 30.9. The standard InChI is InChI=1S/C16H13NO4S.2C15H11NO4S/c18-14-12-9-6-7-10(8-9)13(12)15(19)17(14)21-16(22)20-11-4-2-1-3-5-11;1-2-19-15(21)20-16-13(17)10-7-3-5-9-6-4-8-11(12(9)10)14(16)18;1-2-19-15(21)20-16-13(17)11-7-9-5-3-4-6-10(9)8-12(11)14(16)18/h1-7,9-10,12-13H,8H2;2*3-8H,2H2,1H3. The Balaban J connectivity index is 0.000000131. The van der Waals surface area contributed by atoms with E-state index in [2.05, 4.69) is 0 Å². The fraction of sp³-hybridized carbons (Fsp3) is 0.196. The predicted molar refractivity (Wildman–Crippen MR) is 240 cm³/mol. The molecular weight excluding hydrogens is 883 g/mol. The van der Waals surface area contributed by atoms with E-state index in [-0.39, 0.29) is 51.2 Å². The lowest BCUT2D eigenvalue weighted by molar-refractivity contribution is -0.171. The van der Waals surface area contributed by atoms with E-state index in [9.17, 15) is 28.8 Å². The van der Waals surface area contributed by atoms with Crippen LogP contribution < -0.4 is 4.74 Å². The van der Waals surface area contributed by atoms with E-state index in [1.165, 1.54) is 0 Å². The zero-order chi connectivity index (χ0) is 45.2. The molecular formula is C46H35N3O12S3. The van der Waals surface area contributed by atoms with Crippen molar-refractivity contribution in [3.8, 4) is 5.75 Å². The third kappa shape index (κ3) is 8.25. The van der Waals surface area contributed by atoms with Crippen molar-refractivity contribution in [2.45, 2.75) is 20.3 Å². The fourth-order valence-electron chi connectivity index (χ4n) is 8.16. The molecule has 1 saturated carbocycles. The van der Waals surface area contributed by atoms with Crippen LogP contribution in [0.5, 0.6) is 5.75 Å². The van der Waals surface area contributed by atoms with E-state index < -0.39 is 23.6 Å². The number of hydroxylamine groups is 6. The van der Waals surface area contributed by atoms with Gasteiger partial charge in [0.2, 0.25) is 0 Å². The van der Waals surface area contributed by atoms with E-state index >= 15 is 0 Å². The second kappa shape index (κ2) is 18.3. The van der Waals surface area contributed by atoms with Crippen LogP contribution in [0.15, 0.2) is 115 Å². The Bertz CT molecular complexity index is 2700. The molecule has 10 rings (SSSR count). The van der Waals surface area contributed by atoms with Crippen molar-refractivity contribution in [2.75, 3.05) is 13.2 Å². The molecule has 2 fully saturated rings. The van der Waals surface area contributed by atoms with E-state index in [4.69, 9.17) is 65.4 Å². The lowest BCUT2D eigenvalue weighted by Gasteiger charge is -2.25. The van der Waals surface area contributed by atoms with Gasteiger partial charge in [-0.2, -0.15) is 0 Å². The molecule has 4 unspecified atom stereocenters. The number of fused-ring (bicyclic) bond motifs is 7. The van der Waals surface area contributed by atoms with Gasteiger partial charge in [-0.05, 0) is 84.7 Å². The van der Waals surface area contributed by atoms with Crippen molar-refractivity contribution in [1.82, 2.24) is 15.2 Å². The molecule has 0 spiro atoms. The molecule has 18 heteroatoms. The Morgan fingerprint density at radius 2 is 0.938 bits per heavy atom. The molecule has 3 heterocycles. The molecule has 3 aliphatic heterocycles. The minimum Gasteiger partial charge on any atom is -0.456 e. The van der Waals surface area contributed by atoms with Crippen LogP contribution in [0, 0.1) is 23.7 Å². The molecule has 5 aromatic rings. The third-order valence-electron chi connectivity index (χ3n) is 10.8. The first kappa shape index (κ1) is 43.5. The number of thiocarbonyl (C=S) groups is 3. The number of ether oxygens (including phenoxy) is 3. The summed E-state index contributed by atoms with van der Waals surface area (Å²) in [6.45, 7) is 4.05. The highest BCUT2D eigenvalue weighted by atomic mass is 32.1. The van der Waals surface area contributed by atoms with Crippen molar-refractivity contribution >= 4 is 109 Å². The molecule has 5 aliphatic rings. The summed E-state index contributed by atoms with van der Waals surface area (Å²) in [7, 11) is 0. The van der Waals surface area contributed by atoms with E-state index in [0.29, 0.717) is 56.7 Å². The fourth-order valence-corrected chi connectivity index (χ4v) is 8.72. The Hall–Kier alpha value is -7.15. The maximum atomic E-state index is 12.4. The number of para-hydroxylation sites is 1. The Morgan fingerprint density at radius 1 is 0.516 bits per heavy atom. The van der Waals surface area contributed by atoms with Crippen LogP contribution in [0.1, 0.15) is 61.7 Å². The molecule has 0 radical (unpaired) electrons. The van der Waals surface area contributed by atoms with E-state index in [0.717, 1.165) is 27.6 Å². The van der Waals surface area contributed by atoms with Crippen LogP contribution in [0.25, 0.3) is 21.5 Å². The highest BCUT2D eigenvalue weighted by Gasteiger charge is 2.61. The Kier molecular flexibility index (Phi) is 12.4. The number of rotatable bonds is 6. The van der Waals surface area contributed by atoms with Crippen LogP contribution in [-0.4, -0.2) is 79.6 Å². The molecule has 0 aromatic heterocycles. The molecule has 15 nitrogen and oxygen atoms in total. The molecule has 2 bridgehead atoms. The Morgan fingerprint density at radius 3 is 1.41 bits per heavy atom. The molecule has 64 heavy (non-hydrogen) atoms. The lowest BCUT2D eigenvalue weighted by Crippen LogP contribution is -2.41. The van der Waals surface area contributed by atoms with E-state index in [1.54, 1.807) is 74.5 Å². The summed E-state index contributed by atoms with van der Waals surface area (Å²) in [5, 5.41) is 4.54. The first-order valence-electron chi connectivity index (χ1n) is 19.9. The van der Waals surface area contributed by atoms with Gasteiger partial charge in [0, 0.05) is 42.0 Å². The molecule has 6 amide bonds. The highest BCUT2D eigenvalue weighted by Crippen LogP contribution is 2.52. The Labute approximate surface area is 380 Å². The van der Waals surface area contributed by atoms with Crippen LogP contribution >= 0.6 is 36.7 Å². The monoisotopic (exact) mass is 917 g/mol. The van der Waals surface area contributed by atoms with Gasteiger partial charge in [-0.3, -0.25) is 28.8 Å². The quantitative estimate of drug-likeness (QED) is 0.0934. The number of carbonyl (C=O) groups is 6. The summed E-state index contributed by atoms with van der Waals surface area (Å²) in [4.78, 5) is 89.5. The van der Waals surface area contributed by atoms with Gasteiger partial charge in [0.1, 0.15) is 5.75 Å². The van der Waals surface area contributed by atoms with Gasteiger partial charge in [0.05, 0.1) is 47.3 Å². The molecule has 5 aromatic carbocycles. The number of hydrogen-bond acceptors (Lipinski definition) is 15. The van der Waals surface area contributed by atoms with Crippen molar-refractivity contribution < 1.29 is 57.5 Å². The second-order valence-corrected chi connectivity index (χ2v) is 15.5. The van der Waals surface area contributed by atoms with Gasteiger partial charge in [0.15, 0.2) is 0 Å². The zero-order valence-electron chi connectivity index (χ0n) is 33.9. The molecule has 2 aliphatic carbocycles. The SMILES string of the molecule is CCOC(=S)ON1C(=O)c2cc3ccccc3cc2C1=O.CCOC(=S)ON1C(=O)c2cccc3cccc(c23)C1=O.O=C1C2C3C=CC(C3)C2C(=O)N1OC(=S)Oc1ccccc1. The maximum Gasteiger partial charge on any atom is 0.383 e. The lowest BCUT2D eigenvalue weighted by atomic mass is 9.85. The summed E-state index contributed by atoms with van der Waals surface area (Å²) in [5.74, 6) is -2.63. The minimum absolute atomic E-state index is 0.142. The molecule has 0 N–H and O–H groups in total. The zero-order valence-corrected chi connectivity index (χ0v) is 36.3. The van der Waals surface area contributed by atoms with Crippen molar-refractivity contribution in [2.24, 2.45) is 23.7 Å². The van der Waals surface area contributed by atoms with Gasteiger partial charge in [-0.15, -0.1) is 5.06 Å². The summed E-state index contributed by atoms with van der Waals surface area (Å²) in [6.07, 6.45) is 4.93. The first-order valence-corrected chi connectivity index (χ1v) is 21.1. The van der Waals surface area contributed by atoms with E-state index in [1.807, 2.05) is 54.6 Å². The van der Waals surface area contributed by atoms with Crippen LogP contribution in [0.2, 0.25) is 0 Å². The largest absolute Gasteiger partial charge is 0.456 e. The maximum absolute atomic E-state index is 12.4. The second-order valence-electron chi connectivity index (χ2n) is 14.5. The van der Waals surface area contributed by atoms with Crippen molar-refractivity contribution in [3.05, 3.63) is 138 Å². The summed E-state index contributed by atoms with van der Waals surface area (Å²) in [5.41, 5.74) is 1.42. The normalized spacial score (nSPS) is 19.7. The minimum atomic E-state index is -0.550. The van der Waals surface area contributed by atoms with Crippen LogP contribution in [0.4, 0.5) is 0 Å². The summed E-state index contributed by atoms with van der Waals surface area (Å²) >= 11 is 14.6. The topological polar surface area (TPSA) is 168 Å². The number of allylic oxidation sites excluding steroid dienone is 2. The number of carbonyl (C=O) groups excluding carboxylic acids is 6. The van der Waals surface area contributed by atoms with Gasteiger partial charge in [-0.25, -0.2) is 0 Å². The van der Waals surface area contributed by atoms with Gasteiger partial charge in [-0.1, -0.05) is 89.0 Å². The van der Waals surface area contributed by atoms with Gasteiger partial charge >= 0.3 is 15.7 Å². The van der Waals surface area contributed by atoms with Crippen molar-refractivity contribution in [1.29, 1.82) is 0 Å².